The summed E-state index contributed by atoms with van der Waals surface area (Å²) >= 11 is 7.60. The van der Waals surface area contributed by atoms with Crippen molar-refractivity contribution in [1.82, 2.24) is 0 Å². The molecule has 0 unspecified atom stereocenters. The van der Waals surface area contributed by atoms with E-state index in [4.69, 9.17) is 11.6 Å². The van der Waals surface area contributed by atoms with Crippen LogP contribution in [0.4, 0.5) is 0 Å². The molecule has 2 heteroatoms. The van der Waals surface area contributed by atoms with Crippen LogP contribution >= 0.6 is 11.6 Å². The van der Waals surface area contributed by atoms with Crippen LogP contribution in [0.15, 0.2) is 133 Å². The van der Waals surface area contributed by atoms with Crippen molar-refractivity contribution in [2.75, 3.05) is 0 Å². The van der Waals surface area contributed by atoms with Gasteiger partial charge in [0.25, 0.3) is 0 Å². The number of benzene rings is 12. The van der Waals surface area contributed by atoms with Gasteiger partial charge in [-0.3, -0.25) is 0 Å². The lowest BCUT2D eigenvalue weighted by molar-refractivity contribution is 0.487. The maximum Gasteiger partial charge on any atom is 0.131 e. The Labute approximate surface area is 687 Å². The maximum atomic E-state index is 13.2. The molecular formula is C112H127ClO. The molecule has 0 spiro atoms. The van der Waals surface area contributed by atoms with Gasteiger partial charge in [-0.2, -0.15) is 0 Å². The van der Waals surface area contributed by atoms with Gasteiger partial charge >= 0.3 is 0 Å². The molecule has 0 heterocycles. The van der Waals surface area contributed by atoms with E-state index in [0.29, 0.717) is 5.02 Å². The molecule has 22 rings (SSSR count). The average molecular weight is 1520 g/mol. The van der Waals surface area contributed by atoms with Crippen LogP contribution in [0.25, 0.3) is 129 Å². The molecule has 0 aliphatic rings. The fraction of sp³-hybridized carbons (Fsp3) is 0.357. The first kappa shape index (κ1) is 82.7. The minimum Gasteiger partial charge on any atom is -0.507 e. The lowest BCUT2D eigenvalue weighted by atomic mass is 9.82. The molecule has 0 saturated heterocycles. The summed E-state index contributed by atoms with van der Waals surface area (Å²) in [5.74, 6) is 0.251. The first-order valence-electron chi connectivity index (χ1n) is 42.2. The third-order valence-electron chi connectivity index (χ3n) is 26.3. The Balaban J connectivity index is 1.21. The molecule has 0 fully saturated rings. The Morgan fingerprint density at radius 1 is 0.219 bits per heavy atom. The normalized spacial score (nSPS) is 12.4. The summed E-state index contributed by atoms with van der Waals surface area (Å²) in [6.07, 6.45) is 4.16. The van der Waals surface area contributed by atoms with E-state index in [9.17, 15) is 5.11 Å². The number of aromatic hydroxyl groups is 1. The van der Waals surface area contributed by atoms with Crippen molar-refractivity contribution in [1.29, 1.82) is 0 Å². The third kappa shape index (κ3) is 14.7. The molecule has 0 aromatic heterocycles. The van der Waals surface area contributed by atoms with Gasteiger partial charge in [-0.25, -0.2) is 0 Å². The number of phenols is 1. The summed E-state index contributed by atoms with van der Waals surface area (Å²) in [6, 6.07) is 54.0. The second kappa shape index (κ2) is 30.1. The maximum absolute atomic E-state index is 13.2. The van der Waals surface area contributed by atoms with E-state index in [1.165, 1.54) is 208 Å². The molecule has 22 aromatic rings. The molecule has 114 heavy (non-hydrogen) atoms. The summed E-state index contributed by atoms with van der Waals surface area (Å²) in [7, 11) is 0. The fourth-order valence-electron chi connectivity index (χ4n) is 19.9. The van der Waals surface area contributed by atoms with Crippen molar-refractivity contribution >= 4 is 141 Å². The topological polar surface area (TPSA) is 20.2 Å². The highest BCUT2D eigenvalue weighted by molar-refractivity contribution is 6.34. The molecule has 24 bridgehead atoms. The van der Waals surface area contributed by atoms with Crippen LogP contribution in [0.1, 0.15) is 243 Å². The Hall–Kier alpha value is -9.27. The minimum absolute atomic E-state index is 0.114. The van der Waals surface area contributed by atoms with Gasteiger partial charge in [0, 0.05) is 15.8 Å². The smallest absolute Gasteiger partial charge is 0.131 e. The van der Waals surface area contributed by atoms with E-state index in [-0.39, 0.29) is 27.4 Å². The highest BCUT2D eigenvalue weighted by Gasteiger charge is 2.25. The number of rotatable bonds is 4. The second-order valence-corrected chi connectivity index (χ2v) is 39.3. The van der Waals surface area contributed by atoms with Crippen LogP contribution in [0.2, 0.25) is 5.02 Å². The summed E-state index contributed by atoms with van der Waals surface area (Å²) in [4.78, 5) is 0. The molecule has 588 valence electrons. The van der Waals surface area contributed by atoms with E-state index in [0.717, 1.165) is 80.6 Å². The number of phenolic OH excluding ortho intramolecular Hbond substituents is 1. The summed E-state index contributed by atoms with van der Waals surface area (Å²) < 4.78 is 0. The summed E-state index contributed by atoms with van der Waals surface area (Å²) in [5.41, 5.74) is 29.5. The standard InChI is InChI=1S/C112H127ClO/c1-33-35-77-45-78(36-34-2)96-58-95(77)79-37-59(3)97(60(4)38-79)83-46-87(54-91(50-83)109(21,22)23)101-67(11)71(15)103(72(16)68(101)12)89-48-85(52-93(56-89)111(27,28)29)99-63(7)41-81(42-64(99)8)105-75(19)107(113)76(20)106(108(105)114)82-43-65(9)100(66(10)44-82)86-49-90(57-94(53-86)112(30,31)32)104-73(17)69(13)102(70(14)74(104)18)88-47-84(51-92(55-88)110(24,25)26)98-61(5)39-80(96)40-62(98)6/h37-58,114H,33-36H2,1-32H3. The first-order valence-corrected chi connectivity index (χ1v) is 42.6. The van der Waals surface area contributed by atoms with Crippen LogP contribution in [0.3, 0.4) is 0 Å². The number of halogens is 1. The second-order valence-electron chi connectivity index (χ2n) is 39.0. The zero-order valence-corrected chi connectivity index (χ0v) is 76.1. The highest BCUT2D eigenvalue weighted by atomic mass is 35.5. The Morgan fingerprint density at radius 2 is 0.404 bits per heavy atom. The molecular weight excluding hydrogens is 1400 g/mol. The van der Waals surface area contributed by atoms with Gasteiger partial charge < -0.3 is 5.11 Å². The molecule has 0 radical (unpaired) electrons. The quantitative estimate of drug-likeness (QED) is 0.186. The van der Waals surface area contributed by atoms with Crippen LogP contribution < -0.4 is 0 Å². The zero-order chi connectivity index (χ0) is 83.3. The van der Waals surface area contributed by atoms with Gasteiger partial charge in [0.05, 0.1) is 0 Å². The summed E-state index contributed by atoms with van der Waals surface area (Å²) in [6.45, 7) is 74.3. The van der Waals surface area contributed by atoms with E-state index < -0.39 is 0 Å². The van der Waals surface area contributed by atoms with E-state index in [2.05, 4.69) is 355 Å². The third-order valence-corrected chi connectivity index (χ3v) is 26.9. The van der Waals surface area contributed by atoms with Gasteiger partial charge in [-0.1, -0.05) is 225 Å². The van der Waals surface area contributed by atoms with Crippen LogP contribution in [-0.4, -0.2) is 5.11 Å². The van der Waals surface area contributed by atoms with Crippen molar-refractivity contribution in [3.63, 3.8) is 0 Å². The highest BCUT2D eigenvalue weighted by Crippen LogP contribution is 2.47. The molecule has 1 N–H and O–H groups in total. The van der Waals surface area contributed by atoms with Crippen LogP contribution in [0, 0.1) is 125 Å². The number of hydrogen-bond donors (Lipinski definition) is 1. The lowest BCUT2D eigenvalue weighted by Crippen LogP contribution is -2.11. The fourth-order valence-corrected chi connectivity index (χ4v) is 20.1. The van der Waals surface area contributed by atoms with Gasteiger partial charge in [0.15, 0.2) is 0 Å². The molecule has 1 nitrogen and oxygen atoms in total. The number of aryl methyl sites for hydroxylation is 20. The van der Waals surface area contributed by atoms with Crippen molar-refractivity contribution in [2.24, 2.45) is 0 Å². The Bertz CT molecular complexity index is 6160. The van der Waals surface area contributed by atoms with Crippen LogP contribution in [0.5, 0.6) is 5.75 Å². The molecule has 0 aliphatic heterocycles. The molecule has 0 aliphatic carbocycles. The van der Waals surface area contributed by atoms with Gasteiger partial charge in [0.1, 0.15) is 5.75 Å². The minimum atomic E-state index is -0.145. The van der Waals surface area contributed by atoms with Gasteiger partial charge in [-0.05, 0) is 441 Å². The summed E-state index contributed by atoms with van der Waals surface area (Å²) in [5, 5.41) is 42.7. The SMILES string of the molecule is CCCc1cc(CCC)c2cc1c1cc(C)c(c(C)c1)c1cc(C(C)(C)C)cc(c1)c1c(C)c(C)c(c(C)c1C)c1cc(C(C)(C)C)cc(c1)c1c(C)cc(cc1C)c1c(C)c(Cl)c(C)c(c1O)c1cc(C)c(c(C)c1)c1cc(C(C)(C)C)cc(c1)c1c(C)c(C)c(c(C)c1C)c1cc(C(C)(C)C)cc(c1)c1c(C)cc2cc1C. The van der Waals surface area contributed by atoms with Crippen molar-refractivity contribution < 1.29 is 5.11 Å². The predicted octanol–water partition coefficient (Wildman–Crippen LogP) is 33.6. The largest absolute Gasteiger partial charge is 0.507 e. The monoisotopic (exact) mass is 1520 g/mol. The predicted molar refractivity (Wildman–Crippen MR) is 511 cm³/mol. The van der Waals surface area contributed by atoms with E-state index >= 15 is 0 Å². The van der Waals surface area contributed by atoms with E-state index in [1.54, 1.807) is 0 Å². The average Bonchev–Trinajstić information content (AvgIpc) is 0.749. The van der Waals surface area contributed by atoms with Crippen molar-refractivity contribution in [2.45, 2.75) is 269 Å². The Morgan fingerprint density at radius 3 is 0.596 bits per heavy atom. The zero-order valence-electron chi connectivity index (χ0n) is 75.4. The van der Waals surface area contributed by atoms with E-state index in [1.807, 2.05) is 0 Å². The lowest BCUT2D eigenvalue weighted by Gasteiger charge is -2.22. The number of hydrogen-bond acceptors (Lipinski definition) is 1. The van der Waals surface area contributed by atoms with Crippen molar-refractivity contribution in [3.8, 4) is 5.75 Å². The molecule has 0 saturated carbocycles. The first-order chi connectivity index (χ1) is 53.2. The Kier molecular flexibility index (Phi) is 21.8. The van der Waals surface area contributed by atoms with Gasteiger partial charge in [0.2, 0.25) is 0 Å². The molecule has 0 atom stereocenters. The molecule has 22 aromatic carbocycles. The van der Waals surface area contributed by atoms with Crippen LogP contribution in [-0.2, 0) is 34.5 Å². The van der Waals surface area contributed by atoms with Gasteiger partial charge in [-0.15, -0.1) is 0 Å². The molecule has 0 amide bonds. The van der Waals surface area contributed by atoms with Crippen molar-refractivity contribution in [3.05, 3.63) is 272 Å².